The quantitative estimate of drug-likeness (QED) is 0.627. The van der Waals surface area contributed by atoms with Crippen LogP contribution in [0.3, 0.4) is 0 Å². The van der Waals surface area contributed by atoms with Crippen molar-refractivity contribution in [3.63, 3.8) is 0 Å². The summed E-state index contributed by atoms with van der Waals surface area (Å²) in [6.07, 6.45) is 0. The molecule has 0 spiro atoms. The largest absolute Gasteiger partial charge is 0.464 e. The van der Waals surface area contributed by atoms with Gasteiger partial charge in [-0.15, -0.1) is 0 Å². The number of aryl methyl sites for hydroxylation is 2. The minimum absolute atomic E-state index is 0.0577. The number of methoxy groups -OCH3 is 1. The predicted molar refractivity (Wildman–Crippen MR) is 78.3 cm³/mol. The number of amides is 2. The van der Waals surface area contributed by atoms with E-state index in [-0.39, 0.29) is 5.71 Å². The third kappa shape index (κ3) is 1.97. The molecule has 7 heteroatoms. The fraction of sp³-hybridized carbons (Fsp3) is 0.333. The van der Waals surface area contributed by atoms with Crippen LogP contribution in [0.2, 0.25) is 0 Å². The molecule has 0 saturated carbocycles. The standard InChI is InChI=1S/C15H15N3O4/c1-7-4-8(2)6-9(5-7)18-13(19)10-11(14(18)20)16-17-12(10)15(21)22-3/h4-6,10-11,16H,1-3H3/t10-,11-/m1/s1. The maximum atomic E-state index is 12.6. The molecular formula is C15H15N3O4. The van der Waals surface area contributed by atoms with Crippen LogP contribution in [-0.2, 0) is 19.1 Å². The Morgan fingerprint density at radius 2 is 1.82 bits per heavy atom. The Kier molecular flexibility index (Phi) is 3.20. The van der Waals surface area contributed by atoms with Crippen LogP contribution < -0.4 is 10.3 Å². The number of fused-ring (bicyclic) bond motifs is 1. The molecule has 0 aromatic heterocycles. The monoisotopic (exact) mass is 301 g/mol. The van der Waals surface area contributed by atoms with Crippen LogP contribution in [0.1, 0.15) is 11.1 Å². The molecule has 2 heterocycles. The van der Waals surface area contributed by atoms with Crippen molar-refractivity contribution in [3.8, 4) is 0 Å². The summed E-state index contributed by atoms with van der Waals surface area (Å²) in [5.74, 6) is -2.51. The Balaban J connectivity index is 2.00. The van der Waals surface area contributed by atoms with E-state index in [1.54, 1.807) is 12.1 Å². The maximum absolute atomic E-state index is 12.6. The molecular weight excluding hydrogens is 286 g/mol. The lowest BCUT2D eigenvalue weighted by Gasteiger charge is -2.17. The first kappa shape index (κ1) is 14.2. The SMILES string of the molecule is COC(=O)C1=NN[C@H]2C(=O)N(c3cc(C)cc(C)c3)C(=O)[C@@H]12. The van der Waals surface area contributed by atoms with E-state index in [4.69, 9.17) is 0 Å². The lowest BCUT2D eigenvalue weighted by Crippen LogP contribution is -2.36. The zero-order valence-corrected chi connectivity index (χ0v) is 12.4. The first-order valence-corrected chi connectivity index (χ1v) is 6.81. The number of benzene rings is 1. The summed E-state index contributed by atoms with van der Waals surface area (Å²) in [4.78, 5) is 37.9. The molecule has 0 unspecified atom stereocenters. The van der Waals surface area contributed by atoms with Gasteiger partial charge in [0.25, 0.3) is 5.91 Å². The van der Waals surface area contributed by atoms with Gasteiger partial charge in [0, 0.05) is 0 Å². The number of esters is 1. The molecule has 22 heavy (non-hydrogen) atoms. The van der Waals surface area contributed by atoms with Crippen LogP contribution in [0.4, 0.5) is 5.69 Å². The average Bonchev–Trinajstić information content (AvgIpc) is 2.98. The van der Waals surface area contributed by atoms with Crippen molar-refractivity contribution in [2.45, 2.75) is 19.9 Å². The summed E-state index contributed by atoms with van der Waals surface area (Å²) in [5, 5.41) is 3.78. The highest BCUT2D eigenvalue weighted by atomic mass is 16.5. The minimum atomic E-state index is -0.930. The highest BCUT2D eigenvalue weighted by molar-refractivity contribution is 6.46. The fourth-order valence-corrected chi connectivity index (χ4v) is 2.90. The van der Waals surface area contributed by atoms with Crippen LogP contribution in [0.15, 0.2) is 23.3 Å². The summed E-state index contributed by atoms with van der Waals surface area (Å²) in [6, 6.07) is 4.63. The van der Waals surface area contributed by atoms with Gasteiger partial charge in [0.1, 0.15) is 12.0 Å². The highest BCUT2D eigenvalue weighted by Crippen LogP contribution is 2.31. The summed E-state index contributed by atoms with van der Waals surface area (Å²) in [7, 11) is 1.21. The topological polar surface area (TPSA) is 88.1 Å². The Morgan fingerprint density at radius 3 is 2.41 bits per heavy atom. The van der Waals surface area contributed by atoms with Gasteiger partial charge < -0.3 is 4.74 Å². The third-order valence-electron chi connectivity index (χ3n) is 3.78. The number of imide groups is 1. The number of rotatable bonds is 2. The second kappa shape index (κ2) is 4.94. The van der Waals surface area contributed by atoms with Crippen LogP contribution >= 0.6 is 0 Å². The smallest absolute Gasteiger partial charge is 0.355 e. The van der Waals surface area contributed by atoms with Crippen LogP contribution in [0.5, 0.6) is 0 Å². The molecule has 2 atom stereocenters. The van der Waals surface area contributed by atoms with Gasteiger partial charge >= 0.3 is 5.97 Å². The van der Waals surface area contributed by atoms with Gasteiger partial charge in [-0.25, -0.2) is 9.69 Å². The molecule has 0 bridgehead atoms. The molecule has 3 rings (SSSR count). The van der Waals surface area contributed by atoms with E-state index < -0.39 is 29.7 Å². The number of hydrogen-bond acceptors (Lipinski definition) is 6. The van der Waals surface area contributed by atoms with Crippen LogP contribution in [0, 0.1) is 19.8 Å². The van der Waals surface area contributed by atoms with Crippen LogP contribution in [0.25, 0.3) is 0 Å². The van der Waals surface area contributed by atoms with Gasteiger partial charge in [0.2, 0.25) is 5.91 Å². The summed E-state index contributed by atoms with van der Waals surface area (Å²) in [6.45, 7) is 3.78. The van der Waals surface area contributed by atoms with Gasteiger partial charge in [-0.05, 0) is 37.1 Å². The van der Waals surface area contributed by atoms with E-state index >= 15 is 0 Å². The molecule has 0 aliphatic carbocycles. The molecule has 2 amide bonds. The van der Waals surface area contributed by atoms with Crippen molar-refractivity contribution < 1.29 is 19.1 Å². The van der Waals surface area contributed by atoms with Gasteiger partial charge in [0.15, 0.2) is 5.71 Å². The third-order valence-corrected chi connectivity index (χ3v) is 3.78. The first-order valence-electron chi connectivity index (χ1n) is 6.81. The number of hydrogen-bond donors (Lipinski definition) is 1. The van der Waals surface area contributed by atoms with Gasteiger partial charge in [-0.2, -0.15) is 5.10 Å². The summed E-state index contributed by atoms with van der Waals surface area (Å²) >= 11 is 0. The van der Waals surface area contributed by atoms with Crippen molar-refractivity contribution in [1.82, 2.24) is 5.43 Å². The Labute approximate surface area is 126 Å². The summed E-state index contributed by atoms with van der Waals surface area (Å²) in [5.41, 5.74) is 4.91. The van der Waals surface area contributed by atoms with Gasteiger partial charge in [-0.3, -0.25) is 15.0 Å². The predicted octanol–water partition coefficient (Wildman–Crippen LogP) is 0.294. The van der Waals surface area contributed by atoms with Crippen molar-refractivity contribution in [3.05, 3.63) is 29.3 Å². The van der Waals surface area contributed by atoms with Gasteiger partial charge in [-0.1, -0.05) is 6.07 Å². The molecule has 1 fully saturated rings. The van der Waals surface area contributed by atoms with Crippen molar-refractivity contribution in [1.29, 1.82) is 0 Å². The molecule has 1 aromatic carbocycles. The van der Waals surface area contributed by atoms with Crippen molar-refractivity contribution in [2.24, 2.45) is 11.0 Å². The van der Waals surface area contributed by atoms with Crippen molar-refractivity contribution in [2.75, 3.05) is 12.0 Å². The molecule has 7 nitrogen and oxygen atoms in total. The number of ether oxygens (including phenoxy) is 1. The van der Waals surface area contributed by atoms with E-state index in [1.807, 2.05) is 19.9 Å². The zero-order valence-electron chi connectivity index (χ0n) is 12.4. The molecule has 2 aliphatic rings. The molecule has 1 saturated heterocycles. The van der Waals surface area contributed by atoms with E-state index in [2.05, 4.69) is 15.3 Å². The molecule has 1 N–H and O–H groups in total. The summed E-state index contributed by atoms with van der Waals surface area (Å²) < 4.78 is 4.61. The number of nitrogens with zero attached hydrogens (tertiary/aromatic N) is 2. The Bertz CT molecular complexity index is 705. The average molecular weight is 301 g/mol. The first-order chi connectivity index (χ1) is 10.4. The number of anilines is 1. The lowest BCUT2D eigenvalue weighted by atomic mass is 9.99. The second-order valence-corrected chi connectivity index (χ2v) is 5.43. The second-order valence-electron chi connectivity index (χ2n) is 5.43. The van der Waals surface area contributed by atoms with E-state index in [0.29, 0.717) is 5.69 Å². The maximum Gasteiger partial charge on any atom is 0.355 e. The Morgan fingerprint density at radius 1 is 1.18 bits per heavy atom. The van der Waals surface area contributed by atoms with E-state index in [0.717, 1.165) is 16.0 Å². The lowest BCUT2D eigenvalue weighted by molar-refractivity contribution is -0.133. The fourth-order valence-electron chi connectivity index (χ4n) is 2.90. The number of carbonyl (C=O) groups is 3. The molecule has 0 radical (unpaired) electrons. The molecule has 2 aliphatic heterocycles. The highest BCUT2D eigenvalue weighted by Gasteiger charge is 2.55. The zero-order chi connectivity index (χ0) is 16.0. The number of nitrogens with one attached hydrogen (secondary N) is 1. The van der Waals surface area contributed by atoms with Crippen LogP contribution in [-0.4, -0.2) is 36.6 Å². The normalized spacial score (nSPS) is 23.2. The number of hydrazone groups is 1. The minimum Gasteiger partial charge on any atom is -0.464 e. The van der Waals surface area contributed by atoms with E-state index in [9.17, 15) is 14.4 Å². The molecule has 114 valence electrons. The van der Waals surface area contributed by atoms with Gasteiger partial charge in [0.05, 0.1) is 12.8 Å². The number of carbonyl (C=O) groups excluding carboxylic acids is 3. The Hall–Kier alpha value is -2.70. The molecule has 1 aromatic rings. The van der Waals surface area contributed by atoms with Crippen molar-refractivity contribution >= 4 is 29.2 Å². The van der Waals surface area contributed by atoms with E-state index in [1.165, 1.54) is 7.11 Å².